The van der Waals surface area contributed by atoms with Crippen LogP contribution < -0.4 is 10.1 Å². The number of hydrogen-bond acceptors (Lipinski definition) is 4. The van der Waals surface area contributed by atoms with E-state index in [1.807, 2.05) is 0 Å². The highest BCUT2D eigenvalue weighted by Gasteiger charge is 2.19. The highest BCUT2D eigenvalue weighted by Crippen LogP contribution is 2.29. The Hall–Kier alpha value is -2.31. The van der Waals surface area contributed by atoms with Gasteiger partial charge in [-0.05, 0) is 30.3 Å². The van der Waals surface area contributed by atoms with Gasteiger partial charge in [0.15, 0.2) is 0 Å². The number of amides is 1. The molecule has 0 atom stereocenters. The van der Waals surface area contributed by atoms with Gasteiger partial charge in [0.2, 0.25) is 0 Å². The summed E-state index contributed by atoms with van der Waals surface area (Å²) in [6.07, 6.45) is 0. The molecule has 0 radical (unpaired) electrons. The Morgan fingerprint density at radius 1 is 1.18 bits per heavy atom. The van der Waals surface area contributed by atoms with Gasteiger partial charge in [-0.1, -0.05) is 23.2 Å². The van der Waals surface area contributed by atoms with Crippen molar-refractivity contribution < 1.29 is 14.5 Å². The van der Waals surface area contributed by atoms with Gasteiger partial charge in [0.05, 0.1) is 17.6 Å². The van der Waals surface area contributed by atoms with Gasteiger partial charge >= 0.3 is 0 Å². The zero-order valence-corrected chi connectivity index (χ0v) is 12.8. The molecule has 0 aliphatic heterocycles. The molecule has 1 amide bonds. The second-order valence-corrected chi connectivity index (χ2v) is 5.09. The van der Waals surface area contributed by atoms with Crippen LogP contribution in [0, 0.1) is 10.1 Å². The minimum Gasteiger partial charge on any atom is -0.496 e. The Bertz CT molecular complexity index is 750. The number of methoxy groups -OCH3 is 1. The molecule has 114 valence electrons. The molecule has 2 rings (SSSR count). The maximum atomic E-state index is 12.3. The summed E-state index contributed by atoms with van der Waals surface area (Å²) in [4.78, 5) is 22.7. The van der Waals surface area contributed by atoms with Crippen LogP contribution in [0.3, 0.4) is 0 Å². The summed E-state index contributed by atoms with van der Waals surface area (Å²) in [6, 6.07) is 8.48. The number of carbonyl (C=O) groups excluding carboxylic acids is 1. The minimum absolute atomic E-state index is 0.0291. The molecule has 0 bridgehead atoms. The van der Waals surface area contributed by atoms with E-state index in [-0.39, 0.29) is 22.0 Å². The summed E-state index contributed by atoms with van der Waals surface area (Å²) in [7, 11) is 1.41. The molecule has 6 nitrogen and oxygen atoms in total. The van der Waals surface area contributed by atoms with E-state index in [2.05, 4.69) is 5.32 Å². The van der Waals surface area contributed by atoms with Gasteiger partial charge in [-0.25, -0.2) is 0 Å². The Balaban J connectivity index is 2.38. The fourth-order valence-corrected chi connectivity index (χ4v) is 2.15. The van der Waals surface area contributed by atoms with E-state index in [9.17, 15) is 14.9 Å². The summed E-state index contributed by atoms with van der Waals surface area (Å²) in [5, 5.41) is 14.0. The predicted molar refractivity (Wildman–Crippen MR) is 84.1 cm³/mol. The van der Waals surface area contributed by atoms with Crippen LogP contribution in [0.15, 0.2) is 36.4 Å². The molecule has 0 spiro atoms. The average Bonchev–Trinajstić information content (AvgIpc) is 2.48. The molecule has 2 aromatic rings. The van der Waals surface area contributed by atoms with Crippen molar-refractivity contribution in [2.75, 3.05) is 12.4 Å². The summed E-state index contributed by atoms with van der Waals surface area (Å²) >= 11 is 11.6. The lowest BCUT2D eigenvalue weighted by atomic mass is 10.1. The van der Waals surface area contributed by atoms with Gasteiger partial charge in [0.25, 0.3) is 11.6 Å². The first-order chi connectivity index (χ1) is 10.4. The molecule has 0 aliphatic rings. The molecule has 0 heterocycles. The van der Waals surface area contributed by atoms with Crippen molar-refractivity contribution in [1.29, 1.82) is 0 Å². The summed E-state index contributed by atoms with van der Waals surface area (Å²) < 4.78 is 5.08. The number of hydrogen-bond donors (Lipinski definition) is 1. The largest absolute Gasteiger partial charge is 0.496 e. The standard InChI is InChI=1S/C14H10Cl2N2O4/c1-22-13-5-3-8(15)6-10(13)14(19)17-11-4-2-9(16)7-12(11)18(20)21/h2-7H,1H3,(H,17,19). The van der Waals surface area contributed by atoms with Crippen LogP contribution in [-0.4, -0.2) is 17.9 Å². The van der Waals surface area contributed by atoms with E-state index in [0.29, 0.717) is 10.8 Å². The number of nitro benzene ring substituents is 1. The Morgan fingerprint density at radius 2 is 1.82 bits per heavy atom. The van der Waals surface area contributed by atoms with Crippen LogP contribution in [0.1, 0.15) is 10.4 Å². The Labute approximate surface area is 135 Å². The molecule has 0 saturated heterocycles. The Morgan fingerprint density at radius 3 is 2.45 bits per heavy atom. The van der Waals surface area contributed by atoms with E-state index in [4.69, 9.17) is 27.9 Å². The lowest BCUT2D eigenvalue weighted by Crippen LogP contribution is -2.14. The van der Waals surface area contributed by atoms with Crippen LogP contribution in [0.2, 0.25) is 10.0 Å². The fourth-order valence-electron chi connectivity index (χ4n) is 1.81. The number of ether oxygens (including phenoxy) is 1. The molecule has 0 unspecified atom stereocenters. The normalized spacial score (nSPS) is 10.1. The van der Waals surface area contributed by atoms with Gasteiger partial charge < -0.3 is 10.1 Å². The minimum atomic E-state index is -0.628. The van der Waals surface area contributed by atoms with Crippen molar-refractivity contribution in [2.24, 2.45) is 0 Å². The summed E-state index contributed by atoms with van der Waals surface area (Å²) in [5.41, 5.74) is -0.109. The smallest absolute Gasteiger partial charge is 0.294 e. The maximum absolute atomic E-state index is 12.3. The molecular weight excluding hydrogens is 331 g/mol. The third kappa shape index (κ3) is 3.47. The monoisotopic (exact) mass is 340 g/mol. The number of halogens is 2. The highest BCUT2D eigenvalue weighted by molar-refractivity contribution is 6.31. The molecule has 0 aromatic heterocycles. The second-order valence-electron chi connectivity index (χ2n) is 4.22. The van der Waals surface area contributed by atoms with Crippen LogP contribution in [-0.2, 0) is 0 Å². The van der Waals surface area contributed by atoms with Crippen LogP contribution in [0.4, 0.5) is 11.4 Å². The highest BCUT2D eigenvalue weighted by atomic mass is 35.5. The first-order valence-corrected chi connectivity index (χ1v) is 6.77. The topological polar surface area (TPSA) is 81.5 Å². The van der Waals surface area contributed by atoms with Crippen molar-refractivity contribution in [3.8, 4) is 5.75 Å². The van der Waals surface area contributed by atoms with E-state index >= 15 is 0 Å². The van der Waals surface area contributed by atoms with Gasteiger partial charge in [-0.3, -0.25) is 14.9 Å². The predicted octanol–water partition coefficient (Wildman–Crippen LogP) is 4.16. The van der Waals surface area contributed by atoms with Crippen molar-refractivity contribution >= 4 is 40.5 Å². The molecule has 0 aliphatic carbocycles. The van der Waals surface area contributed by atoms with Gasteiger partial charge in [0, 0.05) is 16.1 Å². The van der Waals surface area contributed by atoms with Crippen LogP contribution in [0.25, 0.3) is 0 Å². The van der Waals surface area contributed by atoms with E-state index in [0.717, 1.165) is 6.07 Å². The number of carbonyl (C=O) groups is 1. The van der Waals surface area contributed by atoms with E-state index in [1.165, 1.54) is 31.4 Å². The SMILES string of the molecule is COc1ccc(Cl)cc1C(=O)Nc1ccc(Cl)cc1[N+](=O)[O-]. The molecule has 22 heavy (non-hydrogen) atoms. The number of nitro groups is 1. The summed E-state index contributed by atoms with van der Waals surface area (Å²) in [6.45, 7) is 0. The van der Waals surface area contributed by atoms with Crippen LogP contribution in [0.5, 0.6) is 5.75 Å². The zero-order valence-electron chi connectivity index (χ0n) is 11.3. The third-order valence-corrected chi connectivity index (χ3v) is 3.28. The second kappa shape index (κ2) is 6.64. The first kappa shape index (κ1) is 16.1. The molecular formula is C14H10Cl2N2O4. The Kier molecular flexibility index (Phi) is 4.85. The molecule has 2 aromatic carbocycles. The van der Waals surface area contributed by atoms with Crippen molar-refractivity contribution in [1.82, 2.24) is 0 Å². The van der Waals surface area contributed by atoms with Crippen molar-refractivity contribution in [3.05, 3.63) is 62.1 Å². The van der Waals surface area contributed by atoms with Crippen LogP contribution >= 0.6 is 23.2 Å². The zero-order chi connectivity index (χ0) is 16.3. The first-order valence-electron chi connectivity index (χ1n) is 6.01. The number of rotatable bonds is 4. The quantitative estimate of drug-likeness (QED) is 0.669. The van der Waals surface area contributed by atoms with E-state index in [1.54, 1.807) is 6.07 Å². The molecule has 0 fully saturated rings. The number of anilines is 1. The van der Waals surface area contributed by atoms with Gasteiger partial charge in [0.1, 0.15) is 11.4 Å². The lowest BCUT2D eigenvalue weighted by Gasteiger charge is -2.10. The fraction of sp³-hybridized carbons (Fsp3) is 0.0714. The molecule has 1 N–H and O–H groups in total. The van der Waals surface area contributed by atoms with Crippen molar-refractivity contribution in [2.45, 2.75) is 0 Å². The average molecular weight is 341 g/mol. The number of benzene rings is 2. The van der Waals surface area contributed by atoms with Crippen molar-refractivity contribution in [3.63, 3.8) is 0 Å². The number of nitrogens with one attached hydrogen (secondary N) is 1. The maximum Gasteiger partial charge on any atom is 0.294 e. The molecule has 0 saturated carbocycles. The van der Waals surface area contributed by atoms with E-state index < -0.39 is 10.8 Å². The molecule has 8 heteroatoms. The lowest BCUT2D eigenvalue weighted by molar-refractivity contribution is -0.383. The van der Waals surface area contributed by atoms with Gasteiger partial charge in [-0.15, -0.1) is 0 Å². The number of nitrogens with zero attached hydrogens (tertiary/aromatic N) is 1. The third-order valence-electron chi connectivity index (χ3n) is 2.81. The van der Waals surface area contributed by atoms with Gasteiger partial charge in [-0.2, -0.15) is 0 Å². The summed E-state index contributed by atoms with van der Waals surface area (Å²) in [5.74, 6) is -0.275.